The van der Waals surface area contributed by atoms with Crippen LogP contribution in [0.2, 0.25) is 0 Å². The average Bonchev–Trinajstić information content (AvgIpc) is 2.54. The van der Waals surface area contributed by atoms with Crippen molar-refractivity contribution in [1.82, 2.24) is 4.90 Å². The number of aliphatic hydroxyl groups is 1. The Bertz CT molecular complexity index is 571. The lowest BCUT2D eigenvalue weighted by Crippen LogP contribution is -2.47. The third-order valence-corrected chi connectivity index (χ3v) is 4.67. The molecule has 1 saturated heterocycles. The third kappa shape index (κ3) is 2.86. The molecule has 2 amide bonds. The number of aliphatic hydroxyl groups excluding tert-OH is 1. The summed E-state index contributed by atoms with van der Waals surface area (Å²) in [4.78, 5) is 26.8. The van der Waals surface area contributed by atoms with Crippen molar-refractivity contribution in [3.05, 3.63) is 29.8 Å². The van der Waals surface area contributed by atoms with Crippen molar-refractivity contribution in [3.8, 4) is 0 Å². The Morgan fingerprint density at radius 3 is 2.95 bits per heavy atom. The third-order valence-electron chi connectivity index (χ3n) is 4.67. The van der Waals surface area contributed by atoms with Gasteiger partial charge in [-0.05, 0) is 37.3 Å². The highest BCUT2D eigenvalue weighted by Crippen LogP contribution is 2.35. The van der Waals surface area contributed by atoms with Crippen molar-refractivity contribution in [2.45, 2.75) is 44.1 Å². The molecule has 0 saturated carbocycles. The van der Waals surface area contributed by atoms with E-state index in [-0.39, 0.29) is 30.9 Å². The molecule has 2 N–H and O–H groups in total. The lowest BCUT2D eigenvalue weighted by molar-refractivity contribution is -0.138. The Kier molecular flexibility index (Phi) is 4.43. The van der Waals surface area contributed by atoms with E-state index in [4.69, 9.17) is 0 Å². The van der Waals surface area contributed by atoms with Crippen LogP contribution in [0.5, 0.6) is 0 Å². The molecule has 2 aliphatic heterocycles. The van der Waals surface area contributed by atoms with E-state index in [2.05, 4.69) is 5.32 Å². The standard InChI is InChI=1S/C17H22N2O3/c20-10-8-12-5-3-4-9-19(12)17(22)14-11-16(21)18-15-7-2-1-6-13(14)15/h1-2,6-7,12,14,20H,3-5,8-11H2,(H,18,21). The van der Waals surface area contributed by atoms with Gasteiger partial charge in [0, 0.05) is 31.3 Å². The van der Waals surface area contributed by atoms with Gasteiger partial charge < -0.3 is 15.3 Å². The molecule has 5 heteroatoms. The molecule has 0 bridgehead atoms. The first-order valence-electron chi connectivity index (χ1n) is 8.01. The van der Waals surface area contributed by atoms with Gasteiger partial charge in [-0.2, -0.15) is 0 Å². The van der Waals surface area contributed by atoms with Gasteiger partial charge in [0.2, 0.25) is 11.8 Å². The summed E-state index contributed by atoms with van der Waals surface area (Å²) in [6, 6.07) is 7.62. The smallest absolute Gasteiger partial charge is 0.230 e. The van der Waals surface area contributed by atoms with Crippen molar-refractivity contribution in [3.63, 3.8) is 0 Å². The predicted molar refractivity (Wildman–Crippen MR) is 83.5 cm³/mol. The van der Waals surface area contributed by atoms with Gasteiger partial charge in [-0.25, -0.2) is 0 Å². The first-order valence-corrected chi connectivity index (χ1v) is 8.01. The number of hydrogen-bond donors (Lipinski definition) is 2. The Balaban J connectivity index is 1.86. The van der Waals surface area contributed by atoms with Crippen molar-refractivity contribution in [1.29, 1.82) is 0 Å². The van der Waals surface area contributed by atoms with Crippen LogP contribution in [0.15, 0.2) is 24.3 Å². The minimum absolute atomic E-state index is 0.0282. The summed E-state index contributed by atoms with van der Waals surface area (Å²) in [6.07, 6.45) is 3.85. The van der Waals surface area contributed by atoms with Crippen LogP contribution in [0.25, 0.3) is 0 Å². The van der Waals surface area contributed by atoms with E-state index in [0.717, 1.165) is 37.1 Å². The molecule has 2 unspecified atom stereocenters. The molecular formula is C17H22N2O3. The zero-order valence-corrected chi connectivity index (χ0v) is 12.6. The first-order chi connectivity index (χ1) is 10.7. The van der Waals surface area contributed by atoms with Gasteiger partial charge in [0.05, 0.1) is 5.92 Å². The van der Waals surface area contributed by atoms with Gasteiger partial charge in [0.25, 0.3) is 0 Å². The van der Waals surface area contributed by atoms with Gasteiger partial charge in [-0.3, -0.25) is 9.59 Å². The number of amides is 2. The molecule has 1 aromatic rings. The summed E-state index contributed by atoms with van der Waals surface area (Å²) >= 11 is 0. The van der Waals surface area contributed by atoms with Crippen molar-refractivity contribution < 1.29 is 14.7 Å². The highest BCUT2D eigenvalue weighted by molar-refractivity contribution is 6.01. The van der Waals surface area contributed by atoms with Crippen LogP contribution >= 0.6 is 0 Å². The molecule has 0 aliphatic carbocycles. The van der Waals surface area contributed by atoms with E-state index in [1.54, 1.807) is 0 Å². The molecule has 2 aliphatic rings. The second-order valence-corrected chi connectivity index (χ2v) is 6.09. The molecule has 22 heavy (non-hydrogen) atoms. The fourth-order valence-electron chi connectivity index (χ4n) is 3.57. The monoisotopic (exact) mass is 302 g/mol. The average molecular weight is 302 g/mol. The number of hydrogen-bond acceptors (Lipinski definition) is 3. The Morgan fingerprint density at radius 2 is 2.14 bits per heavy atom. The first kappa shape index (κ1) is 15.0. The van der Waals surface area contributed by atoms with Crippen LogP contribution < -0.4 is 5.32 Å². The highest BCUT2D eigenvalue weighted by atomic mass is 16.3. The van der Waals surface area contributed by atoms with Crippen molar-refractivity contribution >= 4 is 17.5 Å². The minimum Gasteiger partial charge on any atom is -0.396 e. The molecule has 118 valence electrons. The van der Waals surface area contributed by atoms with E-state index in [0.29, 0.717) is 6.42 Å². The zero-order valence-electron chi connectivity index (χ0n) is 12.6. The fraction of sp³-hybridized carbons (Fsp3) is 0.529. The van der Waals surface area contributed by atoms with Crippen LogP contribution in [0.4, 0.5) is 5.69 Å². The van der Waals surface area contributed by atoms with Gasteiger partial charge in [-0.1, -0.05) is 18.2 Å². The summed E-state index contributed by atoms with van der Waals surface area (Å²) in [5.74, 6) is -0.475. The Hall–Kier alpha value is -1.88. The van der Waals surface area contributed by atoms with E-state index < -0.39 is 5.92 Å². The Morgan fingerprint density at radius 1 is 1.32 bits per heavy atom. The summed E-state index contributed by atoms with van der Waals surface area (Å²) < 4.78 is 0. The maximum Gasteiger partial charge on any atom is 0.230 e. The van der Waals surface area contributed by atoms with Crippen molar-refractivity contribution in [2.75, 3.05) is 18.5 Å². The lowest BCUT2D eigenvalue weighted by Gasteiger charge is -2.38. The molecule has 2 atom stereocenters. The quantitative estimate of drug-likeness (QED) is 0.895. The largest absolute Gasteiger partial charge is 0.396 e. The van der Waals surface area contributed by atoms with Gasteiger partial charge in [0.15, 0.2) is 0 Å². The summed E-state index contributed by atoms with van der Waals surface area (Å²) in [5, 5.41) is 12.1. The fourth-order valence-corrected chi connectivity index (χ4v) is 3.57. The maximum absolute atomic E-state index is 13.0. The van der Waals surface area contributed by atoms with Gasteiger partial charge >= 0.3 is 0 Å². The highest BCUT2D eigenvalue weighted by Gasteiger charge is 2.36. The molecule has 5 nitrogen and oxygen atoms in total. The number of fused-ring (bicyclic) bond motifs is 1. The Labute approximate surface area is 130 Å². The topological polar surface area (TPSA) is 69.6 Å². The summed E-state index contributed by atoms with van der Waals surface area (Å²) in [6.45, 7) is 0.819. The SMILES string of the molecule is O=C1CC(C(=O)N2CCCCC2CCO)c2ccccc2N1. The van der Waals surface area contributed by atoms with Crippen molar-refractivity contribution in [2.24, 2.45) is 0 Å². The normalized spacial score (nSPS) is 24.6. The van der Waals surface area contributed by atoms with E-state index in [1.165, 1.54) is 0 Å². The van der Waals surface area contributed by atoms with Crippen LogP contribution in [0.3, 0.4) is 0 Å². The molecule has 0 spiro atoms. The number of carbonyl (C=O) groups excluding carboxylic acids is 2. The molecular weight excluding hydrogens is 280 g/mol. The van der Waals surface area contributed by atoms with E-state index >= 15 is 0 Å². The summed E-state index contributed by atoms with van der Waals surface area (Å²) in [5.41, 5.74) is 1.65. The lowest BCUT2D eigenvalue weighted by atomic mass is 9.87. The molecule has 0 radical (unpaired) electrons. The predicted octanol–water partition coefficient (Wildman–Crippen LogP) is 1.88. The molecule has 1 fully saturated rings. The zero-order chi connectivity index (χ0) is 15.5. The second kappa shape index (κ2) is 6.48. The number of nitrogens with zero attached hydrogens (tertiary/aromatic N) is 1. The number of anilines is 1. The summed E-state index contributed by atoms with van der Waals surface area (Å²) in [7, 11) is 0. The molecule has 1 aromatic carbocycles. The number of carbonyl (C=O) groups is 2. The number of benzene rings is 1. The molecule has 2 heterocycles. The van der Waals surface area contributed by atoms with Crippen LogP contribution in [0, 0.1) is 0 Å². The van der Waals surface area contributed by atoms with Crippen LogP contribution in [0.1, 0.15) is 43.6 Å². The molecule has 3 rings (SSSR count). The number of piperidine rings is 1. The van der Waals surface area contributed by atoms with E-state index in [1.807, 2.05) is 29.2 Å². The van der Waals surface area contributed by atoms with E-state index in [9.17, 15) is 14.7 Å². The van der Waals surface area contributed by atoms with Gasteiger partial charge in [-0.15, -0.1) is 0 Å². The minimum atomic E-state index is -0.399. The second-order valence-electron chi connectivity index (χ2n) is 6.09. The number of rotatable bonds is 3. The number of para-hydroxylation sites is 1. The van der Waals surface area contributed by atoms with Crippen LogP contribution in [-0.4, -0.2) is 41.0 Å². The number of likely N-dealkylation sites (tertiary alicyclic amines) is 1. The van der Waals surface area contributed by atoms with Gasteiger partial charge in [0.1, 0.15) is 0 Å². The number of nitrogens with one attached hydrogen (secondary N) is 1. The molecule has 0 aromatic heterocycles. The van der Waals surface area contributed by atoms with Crippen LogP contribution in [-0.2, 0) is 9.59 Å². The maximum atomic E-state index is 13.0.